The number of benzene rings is 1. The summed E-state index contributed by atoms with van der Waals surface area (Å²) in [5.74, 6) is -0.426. The number of rotatable bonds is 2. The molecule has 0 unspecified atom stereocenters. The van der Waals surface area contributed by atoms with E-state index in [1.807, 2.05) is 13.8 Å². The molecule has 82 valence electrons. The molecule has 1 aromatic heterocycles. The molecule has 1 heterocycles. The summed E-state index contributed by atoms with van der Waals surface area (Å²) >= 11 is 0. The maximum absolute atomic E-state index is 13.7. The zero-order chi connectivity index (χ0) is 11.7. The van der Waals surface area contributed by atoms with Crippen molar-refractivity contribution in [2.45, 2.75) is 13.8 Å². The molecule has 3 nitrogen and oxygen atoms in total. The van der Waals surface area contributed by atoms with Crippen LogP contribution in [0.4, 0.5) is 4.39 Å². The van der Waals surface area contributed by atoms with Crippen molar-refractivity contribution < 1.29 is 9.18 Å². The Bertz CT molecular complexity index is 546. The lowest BCUT2D eigenvalue weighted by atomic mass is 10.2. The van der Waals surface area contributed by atoms with E-state index >= 15 is 0 Å². The Hall–Kier alpha value is -1.97. The summed E-state index contributed by atoms with van der Waals surface area (Å²) in [4.78, 5) is 14.6. The first-order chi connectivity index (χ1) is 7.63. The van der Waals surface area contributed by atoms with E-state index in [0.717, 1.165) is 11.4 Å². The average molecular weight is 218 g/mol. The van der Waals surface area contributed by atoms with Crippen molar-refractivity contribution in [3.63, 3.8) is 0 Å². The third-order valence-electron chi connectivity index (χ3n) is 2.62. The van der Waals surface area contributed by atoms with Gasteiger partial charge in [-0.15, -0.1) is 0 Å². The molecule has 0 N–H and O–H groups in total. The summed E-state index contributed by atoms with van der Waals surface area (Å²) in [5.41, 5.74) is 2.48. The normalized spacial score (nSPS) is 10.4. The quantitative estimate of drug-likeness (QED) is 0.725. The Kier molecular flexibility index (Phi) is 2.56. The predicted octanol–water partition coefficient (Wildman–Crippen LogP) is 2.44. The van der Waals surface area contributed by atoms with Crippen molar-refractivity contribution in [2.24, 2.45) is 0 Å². The topological polar surface area (TPSA) is 34.9 Å². The molecule has 16 heavy (non-hydrogen) atoms. The molecular formula is C12H11FN2O. The van der Waals surface area contributed by atoms with Crippen LogP contribution in [0.1, 0.15) is 21.7 Å². The molecule has 4 heteroatoms. The molecule has 0 bridgehead atoms. The number of halogens is 1. The summed E-state index contributed by atoms with van der Waals surface area (Å²) < 4.78 is 15.4. The van der Waals surface area contributed by atoms with Gasteiger partial charge < -0.3 is 4.57 Å². The maximum Gasteiger partial charge on any atom is 0.150 e. The Morgan fingerprint density at radius 3 is 2.62 bits per heavy atom. The molecular weight excluding hydrogens is 207 g/mol. The minimum atomic E-state index is -0.426. The Balaban J connectivity index is 2.56. The molecule has 2 rings (SSSR count). The highest BCUT2D eigenvalue weighted by Gasteiger charge is 2.09. The van der Waals surface area contributed by atoms with Gasteiger partial charge in [0.15, 0.2) is 0 Å². The van der Waals surface area contributed by atoms with Crippen LogP contribution >= 0.6 is 0 Å². The third kappa shape index (κ3) is 1.62. The van der Waals surface area contributed by atoms with Gasteiger partial charge in [-0.3, -0.25) is 4.79 Å². The van der Waals surface area contributed by atoms with Gasteiger partial charge in [0.1, 0.15) is 12.1 Å². The van der Waals surface area contributed by atoms with Crippen molar-refractivity contribution in [1.82, 2.24) is 9.55 Å². The molecule has 0 fully saturated rings. The number of imidazole rings is 1. The van der Waals surface area contributed by atoms with Crippen LogP contribution in [0.25, 0.3) is 5.69 Å². The SMILES string of the molecule is Cc1ncn(-c2ccc(C=O)cc2F)c1C. The average Bonchev–Trinajstić information content (AvgIpc) is 2.60. The first kappa shape index (κ1) is 10.5. The second-order valence-corrected chi connectivity index (χ2v) is 3.61. The number of hydrogen-bond acceptors (Lipinski definition) is 2. The van der Waals surface area contributed by atoms with Gasteiger partial charge in [0.25, 0.3) is 0 Å². The van der Waals surface area contributed by atoms with Crippen LogP contribution in [-0.4, -0.2) is 15.8 Å². The van der Waals surface area contributed by atoms with Gasteiger partial charge in [0.2, 0.25) is 0 Å². The van der Waals surface area contributed by atoms with Crippen LogP contribution in [0.2, 0.25) is 0 Å². The van der Waals surface area contributed by atoms with Crippen LogP contribution in [0.3, 0.4) is 0 Å². The fraction of sp³-hybridized carbons (Fsp3) is 0.167. The van der Waals surface area contributed by atoms with E-state index in [2.05, 4.69) is 4.98 Å². The van der Waals surface area contributed by atoms with Crippen molar-refractivity contribution in [3.8, 4) is 5.69 Å². The Morgan fingerprint density at radius 1 is 1.38 bits per heavy atom. The Morgan fingerprint density at radius 2 is 2.12 bits per heavy atom. The molecule has 0 aliphatic heterocycles. The minimum absolute atomic E-state index is 0.329. The highest BCUT2D eigenvalue weighted by Crippen LogP contribution is 2.17. The van der Waals surface area contributed by atoms with Gasteiger partial charge in [0.05, 0.1) is 17.7 Å². The number of nitrogens with zero attached hydrogens (tertiary/aromatic N) is 2. The van der Waals surface area contributed by atoms with Gasteiger partial charge in [-0.2, -0.15) is 0 Å². The van der Waals surface area contributed by atoms with Gasteiger partial charge in [-0.25, -0.2) is 9.37 Å². The van der Waals surface area contributed by atoms with Crippen LogP contribution in [-0.2, 0) is 0 Å². The number of carbonyl (C=O) groups is 1. The highest BCUT2D eigenvalue weighted by atomic mass is 19.1. The molecule has 0 radical (unpaired) electrons. The lowest BCUT2D eigenvalue weighted by molar-refractivity contribution is 0.112. The maximum atomic E-state index is 13.7. The lowest BCUT2D eigenvalue weighted by Gasteiger charge is -2.07. The highest BCUT2D eigenvalue weighted by molar-refractivity contribution is 5.75. The van der Waals surface area contributed by atoms with Crippen LogP contribution in [0.15, 0.2) is 24.5 Å². The molecule has 2 aromatic rings. The van der Waals surface area contributed by atoms with Gasteiger partial charge >= 0.3 is 0 Å². The minimum Gasteiger partial charge on any atom is -0.300 e. The molecule has 0 spiro atoms. The second kappa shape index (κ2) is 3.89. The number of hydrogen-bond donors (Lipinski definition) is 0. The van der Waals surface area contributed by atoms with Crippen molar-refractivity contribution in [3.05, 3.63) is 47.3 Å². The molecule has 0 aliphatic carbocycles. The largest absolute Gasteiger partial charge is 0.300 e. The third-order valence-corrected chi connectivity index (χ3v) is 2.62. The smallest absolute Gasteiger partial charge is 0.150 e. The number of carbonyl (C=O) groups excluding carboxylic acids is 1. The van der Waals surface area contributed by atoms with Gasteiger partial charge in [-0.05, 0) is 32.0 Å². The first-order valence-electron chi connectivity index (χ1n) is 4.89. The van der Waals surface area contributed by atoms with Gasteiger partial charge in [0, 0.05) is 11.3 Å². The summed E-state index contributed by atoms with van der Waals surface area (Å²) in [7, 11) is 0. The molecule has 1 aromatic carbocycles. The molecule has 0 aliphatic rings. The van der Waals surface area contributed by atoms with Crippen molar-refractivity contribution >= 4 is 6.29 Å². The summed E-state index contributed by atoms with van der Waals surface area (Å²) in [5, 5.41) is 0. The predicted molar refractivity (Wildman–Crippen MR) is 58.4 cm³/mol. The first-order valence-corrected chi connectivity index (χ1v) is 4.89. The van der Waals surface area contributed by atoms with Crippen LogP contribution in [0, 0.1) is 19.7 Å². The Labute approximate surface area is 92.5 Å². The fourth-order valence-electron chi connectivity index (χ4n) is 1.53. The second-order valence-electron chi connectivity index (χ2n) is 3.61. The monoisotopic (exact) mass is 218 g/mol. The molecule has 0 saturated heterocycles. The zero-order valence-corrected chi connectivity index (χ0v) is 9.07. The summed E-state index contributed by atoms with van der Waals surface area (Å²) in [6.07, 6.45) is 2.20. The zero-order valence-electron chi connectivity index (χ0n) is 9.07. The van der Waals surface area contributed by atoms with E-state index in [-0.39, 0.29) is 0 Å². The summed E-state index contributed by atoms with van der Waals surface area (Å²) in [6, 6.07) is 4.38. The molecule has 0 amide bonds. The van der Waals surface area contributed by atoms with Crippen molar-refractivity contribution in [1.29, 1.82) is 0 Å². The number of aromatic nitrogens is 2. The van der Waals surface area contributed by atoms with Crippen LogP contribution < -0.4 is 0 Å². The molecule has 0 saturated carbocycles. The van der Waals surface area contributed by atoms with E-state index in [9.17, 15) is 9.18 Å². The number of aldehydes is 1. The summed E-state index contributed by atoms with van der Waals surface area (Å²) in [6.45, 7) is 3.74. The standard InChI is InChI=1S/C12H11FN2O/c1-8-9(2)15(7-14-8)12-4-3-10(6-16)5-11(12)13/h3-7H,1-2H3. The lowest BCUT2D eigenvalue weighted by Crippen LogP contribution is -1.99. The van der Waals surface area contributed by atoms with Crippen LogP contribution in [0.5, 0.6) is 0 Å². The van der Waals surface area contributed by atoms with E-state index in [1.54, 1.807) is 23.0 Å². The molecule has 0 atom stereocenters. The van der Waals surface area contributed by atoms with E-state index in [1.165, 1.54) is 6.07 Å². The van der Waals surface area contributed by atoms with Gasteiger partial charge in [-0.1, -0.05) is 0 Å². The van der Waals surface area contributed by atoms with E-state index in [4.69, 9.17) is 0 Å². The van der Waals surface area contributed by atoms with E-state index in [0.29, 0.717) is 17.5 Å². The fourth-order valence-corrected chi connectivity index (χ4v) is 1.53. The van der Waals surface area contributed by atoms with Crippen molar-refractivity contribution in [2.75, 3.05) is 0 Å². The van der Waals surface area contributed by atoms with E-state index < -0.39 is 5.82 Å². The number of aryl methyl sites for hydroxylation is 1.